The van der Waals surface area contributed by atoms with Gasteiger partial charge in [0.25, 0.3) is 0 Å². The molecule has 0 aliphatic heterocycles. The van der Waals surface area contributed by atoms with Crippen molar-refractivity contribution < 1.29 is 9.47 Å². The molecule has 0 amide bonds. The van der Waals surface area contributed by atoms with Crippen LogP contribution in [0, 0.1) is 0 Å². The van der Waals surface area contributed by atoms with E-state index in [1.807, 2.05) is 29.6 Å². The molecule has 2 rings (SSSR count). The molecule has 2 aromatic rings. The number of hydrogen-bond acceptors (Lipinski definition) is 4. The van der Waals surface area contributed by atoms with Gasteiger partial charge in [0.15, 0.2) is 11.5 Å². The maximum Gasteiger partial charge on any atom is 0.161 e. The van der Waals surface area contributed by atoms with E-state index in [-0.39, 0.29) is 6.04 Å². The van der Waals surface area contributed by atoms with Gasteiger partial charge in [-0.15, -0.1) is 11.3 Å². The molecule has 1 atom stereocenters. The van der Waals surface area contributed by atoms with Crippen LogP contribution in [0.4, 0.5) is 0 Å². The summed E-state index contributed by atoms with van der Waals surface area (Å²) in [7, 11) is 3.23. The zero-order valence-corrected chi connectivity index (χ0v) is 12.5. The molecule has 1 aromatic heterocycles. The van der Waals surface area contributed by atoms with Gasteiger partial charge in [0.05, 0.1) is 20.3 Å². The van der Waals surface area contributed by atoms with E-state index in [9.17, 15) is 0 Å². The first-order valence-corrected chi connectivity index (χ1v) is 7.05. The van der Waals surface area contributed by atoms with Crippen LogP contribution in [0.5, 0.6) is 11.5 Å². The van der Waals surface area contributed by atoms with E-state index in [2.05, 4.69) is 15.9 Å². The minimum Gasteiger partial charge on any atom is -0.493 e. The van der Waals surface area contributed by atoms with Gasteiger partial charge in [-0.3, -0.25) is 0 Å². The van der Waals surface area contributed by atoms with Crippen LogP contribution in [0.15, 0.2) is 34.1 Å². The molecule has 0 aliphatic rings. The molecule has 1 aromatic carbocycles. The average molecular weight is 328 g/mol. The topological polar surface area (TPSA) is 44.5 Å². The van der Waals surface area contributed by atoms with E-state index >= 15 is 0 Å². The van der Waals surface area contributed by atoms with E-state index in [0.717, 1.165) is 14.9 Å². The van der Waals surface area contributed by atoms with Gasteiger partial charge in [-0.05, 0) is 29.1 Å². The van der Waals surface area contributed by atoms with Gasteiger partial charge in [-0.25, -0.2) is 0 Å². The Hall–Kier alpha value is -1.04. The number of ether oxygens (including phenoxy) is 2. The molecule has 1 unspecified atom stereocenters. The molecule has 0 spiro atoms. The van der Waals surface area contributed by atoms with Gasteiger partial charge in [-0.2, -0.15) is 0 Å². The van der Waals surface area contributed by atoms with Crippen molar-refractivity contribution in [1.82, 2.24) is 0 Å². The fourth-order valence-corrected chi connectivity index (χ4v) is 3.04. The molecule has 0 aliphatic carbocycles. The Balaban J connectivity index is 2.45. The third-order valence-corrected chi connectivity index (χ3v) is 4.33. The lowest BCUT2D eigenvalue weighted by atomic mass is 10.1. The quantitative estimate of drug-likeness (QED) is 0.933. The van der Waals surface area contributed by atoms with Crippen molar-refractivity contribution >= 4 is 27.3 Å². The number of thiophene rings is 1. The molecule has 3 nitrogen and oxygen atoms in total. The first kappa shape index (κ1) is 13.4. The average Bonchev–Trinajstić information content (AvgIpc) is 2.91. The summed E-state index contributed by atoms with van der Waals surface area (Å²) in [4.78, 5) is 1.11. The van der Waals surface area contributed by atoms with Crippen LogP contribution in [0.1, 0.15) is 16.5 Å². The Kier molecular flexibility index (Phi) is 4.27. The first-order chi connectivity index (χ1) is 8.67. The Morgan fingerprint density at radius 3 is 2.44 bits per heavy atom. The van der Waals surface area contributed by atoms with E-state index in [4.69, 9.17) is 15.2 Å². The highest BCUT2D eigenvalue weighted by atomic mass is 79.9. The third-order valence-electron chi connectivity index (χ3n) is 2.69. The highest BCUT2D eigenvalue weighted by Crippen LogP contribution is 2.37. The van der Waals surface area contributed by atoms with Gasteiger partial charge >= 0.3 is 0 Å². The highest BCUT2D eigenvalue weighted by molar-refractivity contribution is 9.10. The minimum atomic E-state index is -0.167. The van der Waals surface area contributed by atoms with E-state index in [0.29, 0.717) is 11.5 Å². The number of hydrogen-bond donors (Lipinski definition) is 1. The molecule has 0 bridgehead atoms. The molecule has 5 heteroatoms. The lowest BCUT2D eigenvalue weighted by Gasteiger charge is -2.16. The summed E-state index contributed by atoms with van der Waals surface area (Å²) in [5, 5.41) is 2.02. The van der Waals surface area contributed by atoms with Crippen molar-refractivity contribution in [3.05, 3.63) is 44.6 Å². The number of halogens is 1. The van der Waals surface area contributed by atoms with Crippen LogP contribution in [0.3, 0.4) is 0 Å². The molecular weight excluding hydrogens is 314 g/mol. The van der Waals surface area contributed by atoms with E-state index in [1.54, 1.807) is 25.6 Å². The lowest BCUT2D eigenvalue weighted by molar-refractivity contribution is 0.354. The second-order valence-electron chi connectivity index (χ2n) is 3.72. The van der Waals surface area contributed by atoms with Gasteiger partial charge in [-0.1, -0.05) is 22.0 Å². The van der Waals surface area contributed by atoms with Gasteiger partial charge in [0.2, 0.25) is 0 Å². The van der Waals surface area contributed by atoms with Crippen molar-refractivity contribution in [3.63, 3.8) is 0 Å². The van der Waals surface area contributed by atoms with Crippen LogP contribution in [-0.4, -0.2) is 14.2 Å². The smallest absolute Gasteiger partial charge is 0.161 e. The molecule has 2 N–H and O–H groups in total. The SMILES string of the molecule is COc1cc(Br)c(C(N)c2cccs2)cc1OC. The normalized spacial score (nSPS) is 12.2. The van der Waals surface area contributed by atoms with Crippen molar-refractivity contribution in [1.29, 1.82) is 0 Å². The summed E-state index contributed by atoms with van der Waals surface area (Å²) in [5.74, 6) is 1.37. The summed E-state index contributed by atoms with van der Waals surface area (Å²) in [6, 6.07) is 7.64. The van der Waals surface area contributed by atoms with Gasteiger partial charge in [0.1, 0.15) is 0 Å². The highest BCUT2D eigenvalue weighted by Gasteiger charge is 2.17. The number of nitrogens with two attached hydrogens (primary N) is 1. The van der Waals surface area contributed by atoms with Crippen molar-refractivity contribution in [2.75, 3.05) is 14.2 Å². The van der Waals surface area contributed by atoms with Crippen molar-refractivity contribution in [3.8, 4) is 11.5 Å². The van der Waals surface area contributed by atoms with E-state index in [1.165, 1.54) is 0 Å². The predicted octanol–water partition coefficient (Wildman–Crippen LogP) is 3.58. The Bertz CT molecular complexity index is 528. The Labute approximate surface area is 119 Å². The molecule has 0 saturated carbocycles. The summed E-state index contributed by atoms with van der Waals surface area (Å²) in [6.45, 7) is 0. The zero-order chi connectivity index (χ0) is 13.1. The fourth-order valence-electron chi connectivity index (χ4n) is 1.73. The second-order valence-corrected chi connectivity index (χ2v) is 5.56. The molecule has 1 heterocycles. The zero-order valence-electron chi connectivity index (χ0n) is 10.1. The predicted molar refractivity (Wildman–Crippen MR) is 77.6 cm³/mol. The summed E-state index contributed by atoms with van der Waals surface area (Å²) < 4.78 is 11.5. The summed E-state index contributed by atoms with van der Waals surface area (Å²) in [6.07, 6.45) is 0. The van der Waals surface area contributed by atoms with Crippen LogP contribution in [0.2, 0.25) is 0 Å². The maximum absolute atomic E-state index is 6.26. The number of methoxy groups -OCH3 is 2. The minimum absolute atomic E-state index is 0.167. The molecule has 0 radical (unpaired) electrons. The van der Waals surface area contributed by atoms with Crippen LogP contribution in [-0.2, 0) is 0 Å². The van der Waals surface area contributed by atoms with Crippen LogP contribution < -0.4 is 15.2 Å². The molecule has 18 heavy (non-hydrogen) atoms. The molecular formula is C13H14BrNO2S. The largest absolute Gasteiger partial charge is 0.493 e. The van der Waals surface area contributed by atoms with Gasteiger partial charge < -0.3 is 15.2 Å². The monoisotopic (exact) mass is 327 g/mol. The second kappa shape index (κ2) is 5.73. The molecule has 0 saturated heterocycles. The van der Waals surface area contributed by atoms with Crippen molar-refractivity contribution in [2.45, 2.75) is 6.04 Å². The molecule has 0 fully saturated rings. The molecule has 96 valence electrons. The van der Waals surface area contributed by atoms with Gasteiger partial charge in [0, 0.05) is 9.35 Å². The fraction of sp³-hybridized carbons (Fsp3) is 0.231. The first-order valence-electron chi connectivity index (χ1n) is 5.37. The summed E-state index contributed by atoms with van der Waals surface area (Å²) in [5.41, 5.74) is 7.24. The lowest BCUT2D eigenvalue weighted by Crippen LogP contribution is -2.11. The van der Waals surface area contributed by atoms with Crippen LogP contribution in [0.25, 0.3) is 0 Å². The third kappa shape index (κ3) is 2.53. The van der Waals surface area contributed by atoms with Crippen LogP contribution >= 0.6 is 27.3 Å². The number of rotatable bonds is 4. The van der Waals surface area contributed by atoms with Crippen molar-refractivity contribution in [2.24, 2.45) is 5.73 Å². The standard InChI is InChI=1S/C13H14BrNO2S/c1-16-10-6-8(9(14)7-11(10)17-2)13(15)12-4-3-5-18-12/h3-7,13H,15H2,1-2H3. The number of benzene rings is 1. The maximum atomic E-state index is 6.26. The summed E-state index contributed by atoms with van der Waals surface area (Å²) >= 11 is 5.17. The Morgan fingerprint density at radius 1 is 1.22 bits per heavy atom. The van der Waals surface area contributed by atoms with E-state index < -0.39 is 0 Å². The Morgan fingerprint density at radius 2 is 1.89 bits per heavy atom.